The van der Waals surface area contributed by atoms with Crippen LogP contribution in [0.25, 0.3) is 0 Å². The van der Waals surface area contributed by atoms with Gasteiger partial charge >= 0.3 is 12.4 Å². The molecule has 1 heterocycles. The average Bonchev–Trinajstić information content (AvgIpc) is 2.71. The van der Waals surface area contributed by atoms with Crippen LogP contribution in [0, 0.1) is 0 Å². The number of carbonyl (C=O) groups is 1. The van der Waals surface area contributed by atoms with Crippen LogP contribution in [0.5, 0.6) is 0 Å². The summed E-state index contributed by atoms with van der Waals surface area (Å²) in [6.45, 7) is 2.98. The molecule has 1 aromatic rings. The maximum Gasteiger partial charge on any atom is 0.448 e. The van der Waals surface area contributed by atoms with Crippen molar-refractivity contribution in [3.63, 3.8) is 0 Å². The number of carbonyl (C=O) groups excluding carboxylic acids is 1. The summed E-state index contributed by atoms with van der Waals surface area (Å²) < 4.78 is 82.2. The lowest BCUT2D eigenvalue weighted by Gasteiger charge is -2.35. The van der Waals surface area contributed by atoms with Crippen molar-refractivity contribution in [2.45, 2.75) is 25.3 Å². The summed E-state index contributed by atoms with van der Waals surface area (Å²) in [6, 6.07) is 2.36. The molecule has 1 amide bonds. The summed E-state index contributed by atoms with van der Waals surface area (Å²) in [5, 5.41) is 1.76. The molecular weight excluding hydrogens is 466 g/mol. The van der Waals surface area contributed by atoms with Crippen LogP contribution in [0.4, 0.5) is 26.3 Å². The second kappa shape index (κ2) is 10.5. The van der Waals surface area contributed by atoms with Crippen molar-refractivity contribution in [1.82, 2.24) is 10.2 Å². The van der Waals surface area contributed by atoms with Gasteiger partial charge in [-0.15, -0.1) is 0 Å². The Morgan fingerprint density at radius 2 is 1.91 bits per heavy atom. The lowest BCUT2D eigenvalue weighted by atomic mass is 10.1. The van der Waals surface area contributed by atoms with E-state index in [1.54, 1.807) is 0 Å². The molecule has 1 saturated heterocycles. The molecule has 1 aliphatic heterocycles. The average molecular weight is 487 g/mol. The number of rotatable bonds is 6. The topological polar surface area (TPSA) is 79.9 Å². The van der Waals surface area contributed by atoms with Gasteiger partial charge in [0.25, 0.3) is 5.91 Å². The quantitative estimate of drug-likeness (QED) is 0.366. The number of amides is 1. The van der Waals surface area contributed by atoms with Crippen LogP contribution >= 0.6 is 11.6 Å². The summed E-state index contributed by atoms with van der Waals surface area (Å²) in [4.78, 5) is 17.6. The third-order valence-corrected chi connectivity index (χ3v) is 5.12. The first-order valence-electron chi connectivity index (χ1n) is 9.35. The monoisotopic (exact) mass is 486 g/mol. The maximum atomic E-state index is 13.0. The molecule has 1 unspecified atom stereocenters. The Balaban J connectivity index is 2.23. The SMILES string of the molecule is C/C(=C\N=C(N)C(F)(F)F)C(CNC(=O)c1cccc(C(F)(F)F)c1Cl)N1CCOCC1. The van der Waals surface area contributed by atoms with Crippen LogP contribution in [0.15, 0.2) is 35.0 Å². The molecule has 3 N–H and O–H groups in total. The fraction of sp³-hybridized carbons (Fsp3) is 0.474. The highest BCUT2D eigenvalue weighted by Crippen LogP contribution is 2.36. The van der Waals surface area contributed by atoms with Crippen LogP contribution in [-0.2, 0) is 10.9 Å². The molecule has 0 aliphatic carbocycles. The van der Waals surface area contributed by atoms with E-state index in [1.807, 2.05) is 4.90 Å². The van der Waals surface area contributed by atoms with E-state index in [1.165, 1.54) is 6.92 Å². The van der Waals surface area contributed by atoms with E-state index < -0.39 is 40.7 Å². The number of hydrogen-bond acceptors (Lipinski definition) is 4. The van der Waals surface area contributed by atoms with Crippen molar-refractivity contribution in [2.24, 2.45) is 10.7 Å². The first-order chi connectivity index (χ1) is 14.8. The van der Waals surface area contributed by atoms with E-state index in [0.717, 1.165) is 24.4 Å². The normalized spacial score (nSPS) is 17.9. The van der Waals surface area contributed by atoms with Crippen LogP contribution in [0.2, 0.25) is 5.02 Å². The van der Waals surface area contributed by atoms with Crippen LogP contribution in [-0.4, -0.2) is 61.7 Å². The molecule has 1 fully saturated rings. The zero-order valence-electron chi connectivity index (χ0n) is 16.9. The fourth-order valence-corrected chi connectivity index (χ4v) is 3.33. The summed E-state index contributed by atoms with van der Waals surface area (Å²) in [6.07, 6.45) is -8.58. The van der Waals surface area contributed by atoms with Gasteiger partial charge in [-0.2, -0.15) is 26.3 Å². The number of alkyl halides is 6. The second-order valence-corrected chi connectivity index (χ2v) is 7.30. The van der Waals surface area contributed by atoms with Gasteiger partial charge in [0, 0.05) is 31.9 Å². The number of amidine groups is 1. The first-order valence-corrected chi connectivity index (χ1v) is 9.73. The van der Waals surface area contributed by atoms with Crippen molar-refractivity contribution in [2.75, 3.05) is 32.8 Å². The Labute approximate surface area is 185 Å². The largest absolute Gasteiger partial charge is 0.448 e. The van der Waals surface area contributed by atoms with E-state index in [-0.39, 0.29) is 12.1 Å². The Bertz CT molecular complexity index is 880. The minimum absolute atomic E-state index is 0.116. The Kier molecular flexibility index (Phi) is 8.54. The Morgan fingerprint density at radius 1 is 1.28 bits per heavy atom. The van der Waals surface area contributed by atoms with Gasteiger partial charge in [0.05, 0.1) is 29.4 Å². The third kappa shape index (κ3) is 6.84. The maximum absolute atomic E-state index is 13.0. The molecular formula is C19H21ClF6N4O2. The third-order valence-electron chi connectivity index (χ3n) is 4.71. The van der Waals surface area contributed by atoms with Gasteiger partial charge in [-0.3, -0.25) is 9.69 Å². The fourth-order valence-electron chi connectivity index (χ4n) is 3.01. The van der Waals surface area contributed by atoms with Crippen LogP contribution < -0.4 is 11.1 Å². The van der Waals surface area contributed by atoms with Crippen molar-refractivity contribution in [3.05, 3.63) is 46.1 Å². The smallest absolute Gasteiger partial charge is 0.380 e. The molecule has 1 aromatic carbocycles. The van der Waals surface area contributed by atoms with E-state index in [2.05, 4.69) is 10.3 Å². The van der Waals surface area contributed by atoms with E-state index in [9.17, 15) is 31.1 Å². The second-order valence-electron chi connectivity index (χ2n) is 6.92. The van der Waals surface area contributed by atoms with E-state index in [4.69, 9.17) is 22.1 Å². The van der Waals surface area contributed by atoms with Gasteiger partial charge in [-0.1, -0.05) is 17.7 Å². The number of nitrogens with one attached hydrogen (secondary N) is 1. The summed E-state index contributed by atoms with van der Waals surface area (Å²) >= 11 is 5.78. The number of halogens is 7. The summed E-state index contributed by atoms with van der Waals surface area (Å²) in [5.74, 6) is -2.39. The Morgan fingerprint density at radius 3 is 2.47 bits per heavy atom. The zero-order valence-corrected chi connectivity index (χ0v) is 17.6. The number of ether oxygens (including phenoxy) is 1. The van der Waals surface area contributed by atoms with Gasteiger partial charge in [0.2, 0.25) is 5.84 Å². The highest BCUT2D eigenvalue weighted by Gasteiger charge is 2.35. The molecule has 0 bridgehead atoms. The molecule has 1 atom stereocenters. The van der Waals surface area contributed by atoms with E-state index >= 15 is 0 Å². The number of morpholine rings is 1. The Hall–Kier alpha value is -2.31. The highest BCUT2D eigenvalue weighted by atomic mass is 35.5. The minimum Gasteiger partial charge on any atom is -0.380 e. The van der Waals surface area contributed by atoms with Crippen molar-refractivity contribution < 1.29 is 35.9 Å². The van der Waals surface area contributed by atoms with Gasteiger partial charge in [0.1, 0.15) is 0 Å². The van der Waals surface area contributed by atoms with Gasteiger partial charge in [0.15, 0.2) is 0 Å². The van der Waals surface area contributed by atoms with Gasteiger partial charge in [-0.05, 0) is 24.6 Å². The number of nitrogens with two attached hydrogens (primary N) is 1. The lowest BCUT2D eigenvalue weighted by molar-refractivity contribution is -0.137. The summed E-state index contributed by atoms with van der Waals surface area (Å²) in [7, 11) is 0. The van der Waals surface area contributed by atoms with Crippen molar-refractivity contribution >= 4 is 23.3 Å². The van der Waals surface area contributed by atoms with E-state index in [0.29, 0.717) is 31.9 Å². The molecule has 0 aromatic heterocycles. The molecule has 2 rings (SSSR count). The number of benzene rings is 1. The molecule has 1 aliphatic rings. The predicted octanol–water partition coefficient (Wildman–Crippen LogP) is 3.61. The zero-order chi connectivity index (χ0) is 24.1. The van der Waals surface area contributed by atoms with Crippen molar-refractivity contribution in [3.8, 4) is 0 Å². The van der Waals surface area contributed by atoms with Crippen LogP contribution in [0.1, 0.15) is 22.8 Å². The predicted molar refractivity (Wildman–Crippen MR) is 106 cm³/mol. The van der Waals surface area contributed by atoms with Crippen molar-refractivity contribution in [1.29, 1.82) is 0 Å². The van der Waals surface area contributed by atoms with Gasteiger partial charge < -0.3 is 15.8 Å². The number of aliphatic imine (C=N–C) groups is 1. The number of hydrogen-bond donors (Lipinski definition) is 2. The van der Waals surface area contributed by atoms with Gasteiger partial charge in [-0.25, -0.2) is 4.99 Å². The molecule has 13 heteroatoms. The molecule has 178 valence electrons. The minimum atomic E-state index is -4.79. The number of nitrogens with zero attached hydrogens (tertiary/aromatic N) is 2. The molecule has 6 nitrogen and oxygen atoms in total. The lowest BCUT2D eigenvalue weighted by Crippen LogP contribution is -2.49. The summed E-state index contributed by atoms with van der Waals surface area (Å²) in [5.41, 5.74) is 3.75. The first kappa shape index (κ1) is 25.9. The molecule has 0 spiro atoms. The standard InChI is InChI=1S/C19H21ClF6N4O2/c1-11(9-29-17(27)19(24,25)26)14(30-5-7-32-8-6-30)10-28-16(31)12-3-2-4-13(15(12)20)18(21,22)23/h2-4,9,14H,5-8,10H2,1H3,(H2,27,29)(H,28,31)/b11-9+. The molecule has 0 radical (unpaired) electrons. The highest BCUT2D eigenvalue weighted by molar-refractivity contribution is 6.34. The molecule has 32 heavy (non-hydrogen) atoms. The molecule has 0 saturated carbocycles. The van der Waals surface area contributed by atoms with Crippen LogP contribution in [0.3, 0.4) is 0 Å².